The Balaban J connectivity index is 2.20. The Morgan fingerprint density at radius 3 is 2.62 bits per heavy atom. The maximum atomic E-state index is 11.4. The number of benzene rings is 1. The summed E-state index contributed by atoms with van der Waals surface area (Å²) in [6.45, 7) is 0. The SMILES string of the molecule is O=CP(C=O)c1c(Nc2nc(Cl)ncc2Br)ccc2nccnc12. The van der Waals surface area contributed by atoms with Gasteiger partial charge in [0.1, 0.15) is 5.82 Å². The van der Waals surface area contributed by atoms with Crippen LogP contribution in [0.4, 0.5) is 11.5 Å². The third-order valence-electron chi connectivity index (χ3n) is 3.07. The Kier molecular flexibility index (Phi) is 5.08. The van der Waals surface area contributed by atoms with E-state index >= 15 is 0 Å². The normalized spacial score (nSPS) is 10.8. The van der Waals surface area contributed by atoms with Gasteiger partial charge in [-0.25, -0.2) is 4.98 Å². The summed E-state index contributed by atoms with van der Waals surface area (Å²) in [5.74, 6) is 0.409. The van der Waals surface area contributed by atoms with Gasteiger partial charge in [-0.05, 0) is 39.7 Å². The second-order valence-electron chi connectivity index (χ2n) is 4.46. The summed E-state index contributed by atoms with van der Waals surface area (Å²) >= 11 is 9.15. The highest BCUT2D eigenvalue weighted by molar-refractivity contribution is 9.10. The van der Waals surface area contributed by atoms with Crippen LogP contribution in [0.25, 0.3) is 11.0 Å². The van der Waals surface area contributed by atoms with Crippen molar-refractivity contribution in [3.63, 3.8) is 0 Å². The molecule has 0 amide bonds. The molecule has 7 nitrogen and oxygen atoms in total. The molecule has 0 aliphatic heterocycles. The Labute approximate surface area is 150 Å². The lowest BCUT2D eigenvalue weighted by atomic mass is 10.2. The Bertz CT molecular complexity index is 934. The van der Waals surface area contributed by atoms with Gasteiger partial charge in [0.25, 0.3) is 0 Å². The summed E-state index contributed by atoms with van der Waals surface area (Å²) in [6, 6.07) is 4.71. The number of aromatic nitrogens is 4. The van der Waals surface area contributed by atoms with Gasteiger partial charge in [-0.3, -0.25) is 19.6 Å². The maximum Gasteiger partial charge on any atom is 0.224 e. The molecular weight excluding hydrogens is 417 g/mol. The first-order valence-corrected chi connectivity index (χ1v) is 9.17. The molecule has 1 aromatic carbocycles. The monoisotopic (exact) mass is 423 g/mol. The van der Waals surface area contributed by atoms with E-state index < -0.39 is 7.92 Å². The summed E-state index contributed by atoms with van der Waals surface area (Å²) in [5, 5.41) is 3.62. The van der Waals surface area contributed by atoms with E-state index in [-0.39, 0.29) is 5.28 Å². The number of carbonyl (C=O) groups excluding carboxylic acids is 2. The molecule has 0 fully saturated rings. The molecule has 0 radical (unpaired) electrons. The summed E-state index contributed by atoms with van der Waals surface area (Å²) < 4.78 is 0.582. The lowest BCUT2D eigenvalue weighted by Crippen LogP contribution is -2.13. The largest absolute Gasteiger partial charge is 0.339 e. The van der Waals surface area contributed by atoms with Crippen LogP contribution >= 0.6 is 35.5 Å². The quantitative estimate of drug-likeness (QED) is 0.382. The van der Waals surface area contributed by atoms with Gasteiger partial charge in [-0.15, -0.1) is 0 Å². The van der Waals surface area contributed by atoms with E-state index in [0.717, 1.165) is 0 Å². The second-order valence-corrected chi connectivity index (χ2v) is 7.34. The number of hydrogen-bond donors (Lipinski definition) is 1. The maximum absolute atomic E-state index is 11.4. The molecule has 24 heavy (non-hydrogen) atoms. The molecule has 0 saturated heterocycles. The van der Waals surface area contributed by atoms with Crippen LogP contribution in [-0.2, 0) is 9.59 Å². The summed E-state index contributed by atoms with van der Waals surface area (Å²) in [5.41, 5.74) is 1.61. The molecule has 10 heteroatoms. The number of nitrogens with zero attached hydrogens (tertiary/aromatic N) is 4. The Morgan fingerprint density at radius 2 is 1.88 bits per heavy atom. The van der Waals surface area contributed by atoms with Gasteiger partial charge < -0.3 is 5.32 Å². The smallest absolute Gasteiger partial charge is 0.224 e. The van der Waals surface area contributed by atoms with Gasteiger partial charge in [0.2, 0.25) is 5.28 Å². The molecule has 0 atom stereocenters. The summed E-state index contributed by atoms with van der Waals surface area (Å²) in [4.78, 5) is 39.2. The van der Waals surface area contributed by atoms with Crippen LogP contribution in [0.5, 0.6) is 0 Å². The van der Waals surface area contributed by atoms with Gasteiger partial charge in [-0.1, -0.05) is 0 Å². The van der Waals surface area contributed by atoms with Gasteiger partial charge in [0.15, 0.2) is 12.1 Å². The molecule has 0 bridgehead atoms. The number of anilines is 2. The van der Waals surface area contributed by atoms with E-state index in [2.05, 4.69) is 41.2 Å². The molecule has 1 N–H and O–H groups in total. The van der Waals surface area contributed by atoms with Crippen molar-refractivity contribution in [2.75, 3.05) is 5.32 Å². The molecule has 0 aliphatic carbocycles. The van der Waals surface area contributed by atoms with Crippen LogP contribution in [0.2, 0.25) is 5.28 Å². The van der Waals surface area contributed by atoms with Crippen LogP contribution in [0.3, 0.4) is 0 Å². The third kappa shape index (κ3) is 3.26. The first-order valence-electron chi connectivity index (χ1n) is 6.51. The highest BCUT2D eigenvalue weighted by atomic mass is 79.9. The van der Waals surface area contributed by atoms with E-state index in [1.165, 1.54) is 12.4 Å². The first-order chi connectivity index (χ1) is 11.6. The fourth-order valence-corrected chi connectivity index (χ4v) is 3.58. The predicted molar refractivity (Wildman–Crippen MR) is 97.6 cm³/mol. The second kappa shape index (κ2) is 7.25. The van der Waals surface area contributed by atoms with E-state index in [9.17, 15) is 9.59 Å². The van der Waals surface area contributed by atoms with Gasteiger partial charge in [-0.2, -0.15) is 4.98 Å². The lowest BCUT2D eigenvalue weighted by Gasteiger charge is -2.15. The van der Waals surface area contributed by atoms with Crippen molar-refractivity contribution in [2.24, 2.45) is 0 Å². The predicted octanol–water partition coefficient (Wildman–Crippen LogP) is 3.07. The van der Waals surface area contributed by atoms with E-state index in [4.69, 9.17) is 11.6 Å². The standard InChI is InChI=1S/C14H8BrClN5O2P/c15-8-5-19-14(16)21-13(8)20-10-2-1-9-11(18-4-3-17-9)12(10)24(6-22)7-23/h1-7H,(H,19,20,21). The highest BCUT2D eigenvalue weighted by Gasteiger charge is 2.20. The number of carbonyl (C=O) groups is 2. The Morgan fingerprint density at radius 1 is 1.12 bits per heavy atom. The lowest BCUT2D eigenvalue weighted by molar-refractivity contribution is 0.566. The number of nitrogens with one attached hydrogen (secondary N) is 1. The molecule has 2 heterocycles. The molecule has 120 valence electrons. The van der Waals surface area contributed by atoms with Crippen molar-refractivity contribution >= 4 is 75.4 Å². The van der Waals surface area contributed by atoms with E-state index in [1.54, 1.807) is 18.3 Å². The van der Waals surface area contributed by atoms with Crippen molar-refractivity contribution in [2.45, 2.75) is 0 Å². The minimum absolute atomic E-state index is 0.0656. The first kappa shape index (κ1) is 16.8. The highest BCUT2D eigenvalue weighted by Crippen LogP contribution is 2.35. The zero-order valence-electron chi connectivity index (χ0n) is 11.8. The zero-order valence-corrected chi connectivity index (χ0v) is 15.1. The van der Waals surface area contributed by atoms with Crippen molar-refractivity contribution in [1.29, 1.82) is 0 Å². The minimum atomic E-state index is -1.70. The molecule has 0 unspecified atom stereocenters. The van der Waals surface area contributed by atoms with Crippen LogP contribution in [0.1, 0.15) is 0 Å². The van der Waals surface area contributed by atoms with Crippen molar-refractivity contribution in [3.05, 3.63) is 40.5 Å². The molecule has 2 aromatic heterocycles. The average Bonchev–Trinajstić information content (AvgIpc) is 2.60. The number of rotatable bonds is 5. The molecular formula is C14H8BrClN5O2P. The fraction of sp³-hybridized carbons (Fsp3) is 0. The van der Waals surface area contributed by atoms with Crippen LogP contribution in [0, 0.1) is 0 Å². The Hall–Kier alpha value is -2.02. The van der Waals surface area contributed by atoms with Gasteiger partial charge >= 0.3 is 0 Å². The van der Waals surface area contributed by atoms with Gasteiger partial charge in [0.05, 0.1) is 29.1 Å². The number of halogens is 2. The fourth-order valence-electron chi connectivity index (χ4n) is 2.08. The minimum Gasteiger partial charge on any atom is -0.339 e. The van der Waals surface area contributed by atoms with Crippen LogP contribution < -0.4 is 10.6 Å². The zero-order chi connectivity index (χ0) is 17.1. The van der Waals surface area contributed by atoms with Gasteiger partial charge in [0, 0.05) is 23.9 Å². The van der Waals surface area contributed by atoms with E-state index in [1.807, 2.05) is 0 Å². The topological polar surface area (TPSA) is 97.7 Å². The number of hydrogen-bond acceptors (Lipinski definition) is 7. The van der Waals surface area contributed by atoms with Crippen LogP contribution in [0.15, 0.2) is 35.2 Å². The molecule has 3 rings (SSSR count). The van der Waals surface area contributed by atoms with E-state index in [0.29, 0.717) is 44.4 Å². The molecule has 3 aromatic rings. The van der Waals surface area contributed by atoms with Crippen molar-refractivity contribution in [3.8, 4) is 0 Å². The summed E-state index contributed by atoms with van der Waals surface area (Å²) in [6.07, 6.45) is 4.56. The number of fused-ring (bicyclic) bond motifs is 1. The van der Waals surface area contributed by atoms with Crippen LogP contribution in [-0.4, -0.2) is 32.0 Å². The molecule has 0 aliphatic rings. The average molecular weight is 425 g/mol. The third-order valence-corrected chi connectivity index (χ3v) is 5.25. The van der Waals surface area contributed by atoms with Crippen molar-refractivity contribution in [1.82, 2.24) is 19.9 Å². The summed E-state index contributed by atoms with van der Waals surface area (Å²) in [7, 11) is -1.70. The van der Waals surface area contributed by atoms with Crippen molar-refractivity contribution < 1.29 is 9.59 Å². The molecule has 0 saturated carbocycles. The molecule has 0 spiro atoms.